The van der Waals surface area contributed by atoms with E-state index < -0.39 is 12.1 Å². The molecule has 1 aromatic carbocycles. The van der Waals surface area contributed by atoms with Crippen LogP contribution in [0.1, 0.15) is 24.2 Å². The zero-order valence-corrected chi connectivity index (χ0v) is 10.5. The first-order valence-corrected chi connectivity index (χ1v) is 5.60. The number of benzene rings is 1. The van der Waals surface area contributed by atoms with Gasteiger partial charge in [0.05, 0.1) is 13.2 Å². The molecule has 0 spiro atoms. The highest BCUT2D eigenvalue weighted by Crippen LogP contribution is 2.23. The molecule has 1 N–H and O–H groups in total. The van der Waals surface area contributed by atoms with Crippen LogP contribution in [0, 0.1) is 0 Å². The molecule has 0 radical (unpaired) electrons. The Labute approximate surface area is 105 Å². The molecule has 0 saturated heterocycles. The van der Waals surface area contributed by atoms with Crippen LogP contribution in [-0.4, -0.2) is 24.8 Å². The fraction of sp³-hybridized carbons (Fsp3) is 0.417. The van der Waals surface area contributed by atoms with Gasteiger partial charge in [-0.15, -0.1) is 0 Å². The lowest BCUT2D eigenvalue weighted by Gasteiger charge is -2.11. The van der Waals surface area contributed by atoms with Crippen LogP contribution in [-0.2, 0) is 20.9 Å². The minimum atomic E-state index is -1.30. The van der Waals surface area contributed by atoms with Crippen molar-refractivity contribution in [2.75, 3.05) is 13.7 Å². The number of esters is 1. The summed E-state index contributed by atoms with van der Waals surface area (Å²) in [5.41, 5.74) is 1.21. The van der Waals surface area contributed by atoms with Crippen LogP contribution in [0.4, 0.5) is 0 Å². The van der Waals surface area contributed by atoms with Gasteiger partial charge in [-0.2, -0.15) is 0 Å². The van der Waals surface area contributed by atoms with Crippen LogP contribution in [0.5, 0.6) is 0 Å². The van der Waals surface area contributed by atoms with E-state index in [2.05, 4.69) is 0 Å². The van der Waals surface area contributed by atoms with E-state index in [9.17, 15) is 9.90 Å². The Kier molecular flexibility index (Phi) is 5.41. The van der Waals surface area contributed by atoms with Crippen molar-refractivity contribution in [1.82, 2.24) is 0 Å². The second kappa shape index (κ2) is 6.59. The van der Waals surface area contributed by atoms with E-state index in [1.54, 1.807) is 26.2 Å². The predicted molar refractivity (Wildman–Crippen MR) is 63.8 cm³/mol. The first-order valence-electron chi connectivity index (χ1n) is 5.22. The molecule has 5 heteroatoms. The van der Waals surface area contributed by atoms with Crippen LogP contribution < -0.4 is 0 Å². The summed E-state index contributed by atoms with van der Waals surface area (Å²) in [5, 5.41) is 10.2. The van der Waals surface area contributed by atoms with Crippen molar-refractivity contribution in [2.45, 2.75) is 19.6 Å². The number of rotatable bonds is 5. The Morgan fingerprint density at radius 2 is 2.24 bits per heavy atom. The fourth-order valence-corrected chi connectivity index (χ4v) is 1.61. The number of hydrogen-bond donors (Lipinski definition) is 1. The molecular formula is C12H15ClO4. The molecule has 0 aromatic heterocycles. The molecule has 94 valence electrons. The van der Waals surface area contributed by atoms with Crippen molar-refractivity contribution >= 4 is 17.6 Å². The molecule has 0 aliphatic heterocycles. The molecule has 1 unspecified atom stereocenters. The highest BCUT2D eigenvalue weighted by Gasteiger charge is 2.19. The van der Waals surface area contributed by atoms with Gasteiger partial charge in [0.1, 0.15) is 0 Å². The van der Waals surface area contributed by atoms with Crippen molar-refractivity contribution in [1.29, 1.82) is 0 Å². The average Bonchev–Trinajstić information content (AvgIpc) is 2.31. The number of hydrogen-bond acceptors (Lipinski definition) is 4. The molecule has 1 atom stereocenters. The third kappa shape index (κ3) is 3.70. The van der Waals surface area contributed by atoms with Gasteiger partial charge >= 0.3 is 5.97 Å². The Bertz CT molecular complexity index is 392. The van der Waals surface area contributed by atoms with Crippen molar-refractivity contribution in [2.24, 2.45) is 0 Å². The van der Waals surface area contributed by atoms with Gasteiger partial charge in [0.25, 0.3) is 0 Å². The standard InChI is InChI=1S/C12H15ClO4/c1-3-17-12(15)11(14)8-4-5-9(7-16-2)10(13)6-8/h4-6,11,14H,3,7H2,1-2H3. The normalized spacial score (nSPS) is 12.2. The lowest BCUT2D eigenvalue weighted by molar-refractivity contribution is -0.153. The van der Waals surface area contributed by atoms with E-state index in [0.29, 0.717) is 17.2 Å². The summed E-state index contributed by atoms with van der Waals surface area (Å²) in [7, 11) is 1.57. The maximum atomic E-state index is 11.3. The van der Waals surface area contributed by atoms with Crippen molar-refractivity contribution in [3.05, 3.63) is 34.3 Å². The topological polar surface area (TPSA) is 55.8 Å². The number of aliphatic hydroxyl groups is 1. The smallest absolute Gasteiger partial charge is 0.339 e. The molecule has 0 saturated carbocycles. The predicted octanol–water partition coefficient (Wildman–Crippen LogP) is 2.08. The molecule has 17 heavy (non-hydrogen) atoms. The summed E-state index contributed by atoms with van der Waals surface area (Å²) >= 11 is 5.99. The third-order valence-electron chi connectivity index (χ3n) is 2.20. The first kappa shape index (κ1) is 14.0. The molecule has 0 heterocycles. The lowest BCUT2D eigenvalue weighted by Crippen LogP contribution is -2.15. The summed E-state index contributed by atoms with van der Waals surface area (Å²) in [4.78, 5) is 11.3. The van der Waals surface area contributed by atoms with Crippen molar-refractivity contribution in [3.8, 4) is 0 Å². The maximum Gasteiger partial charge on any atom is 0.339 e. The van der Waals surface area contributed by atoms with Gasteiger partial charge in [0.15, 0.2) is 6.10 Å². The molecule has 4 nitrogen and oxygen atoms in total. The zero-order chi connectivity index (χ0) is 12.8. The molecule has 1 rings (SSSR count). The van der Waals surface area contributed by atoms with Gasteiger partial charge in [0.2, 0.25) is 0 Å². The van der Waals surface area contributed by atoms with E-state index in [4.69, 9.17) is 21.1 Å². The average molecular weight is 259 g/mol. The van der Waals surface area contributed by atoms with E-state index in [1.165, 1.54) is 6.07 Å². The summed E-state index contributed by atoms with van der Waals surface area (Å²) in [6.45, 7) is 2.29. The summed E-state index contributed by atoms with van der Waals surface area (Å²) < 4.78 is 9.68. The summed E-state index contributed by atoms with van der Waals surface area (Å²) in [6.07, 6.45) is -1.30. The molecule has 0 amide bonds. The van der Waals surface area contributed by atoms with E-state index >= 15 is 0 Å². The van der Waals surface area contributed by atoms with Gasteiger partial charge in [-0.1, -0.05) is 23.7 Å². The highest BCUT2D eigenvalue weighted by atomic mass is 35.5. The van der Waals surface area contributed by atoms with Gasteiger partial charge in [-0.25, -0.2) is 4.79 Å². The molecule has 0 aliphatic rings. The monoisotopic (exact) mass is 258 g/mol. The Balaban J connectivity index is 2.85. The number of ether oxygens (including phenoxy) is 2. The van der Waals surface area contributed by atoms with Gasteiger partial charge in [0, 0.05) is 12.1 Å². The first-order chi connectivity index (χ1) is 8.10. The Hall–Kier alpha value is -1.10. The second-order valence-corrected chi connectivity index (χ2v) is 3.85. The number of carbonyl (C=O) groups is 1. The number of halogens is 1. The van der Waals surface area contributed by atoms with Crippen LogP contribution >= 0.6 is 11.6 Å². The molecule has 0 bridgehead atoms. The van der Waals surface area contributed by atoms with Gasteiger partial charge < -0.3 is 14.6 Å². The Morgan fingerprint density at radius 1 is 1.53 bits per heavy atom. The van der Waals surface area contributed by atoms with E-state index in [0.717, 1.165) is 5.56 Å². The van der Waals surface area contributed by atoms with E-state index in [1.807, 2.05) is 0 Å². The fourth-order valence-electron chi connectivity index (χ4n) is 1.36. The summed E-state index contributed by atoms with van der Waals surface area (Å²) in [5.74, 6) is -0.678. The third-order valence-corrected chi connectivity index (χ3v) is 2.55. The van der Waals surface area contributed by atoms with Crippen LogP contribution in [0.25, 0.3) is 0 Å². The number of methoxy groups -OCH3 is 1. The largest absolute Gasteiger partial charge is 0.464 e. The maximum absolute atomic E-state index is 11.3. The minimum Gasteiger partial charge on any atom is -0.464 e. The molecule has 0 aliphatic carbocycles. The number of carbonyl (C=O) groups excluding carboxylic acids is 1. The molecule has 0 fully saturated rings. The van der Waals surface area contributed by atoms with Gasteiger partial charge in [-0.05, 0) is 24.1 Å². The Morgan fingerprint density at radius 3 is 2.76 bits per heavy atom. The number of aliphatic hydroxyl groups excluding tert-OH is 1. The molecular weight excluding hydrogens is 244 g/mol. The highest BCUT2D eigenvalue weighted by molar-refractivity contribution is 6.31. The van der Waals surface area contributed by atoms with Crippen LogP contribution in [0.2, 0.25) is 5.02 Å². The quantitative estimate of drug-likeness (QED) is 0.822. The lowest BCUT2D eigenvalue weighted by atomic mass is 10.1. The van der Waals surface area contributed by atoms with E-state index in [-0.39, 0.29) is 6.61 Å². The SMILES string of the molecule is CCOC(=O)C(O)c1ccc(COC)c(Cl)c1. The minimum absolute atomic E-state index is 0.228. The van der Waals surface area contributed by atoms with Crippen LogP contribution in [0.15, 0.2) is 18.2 Å². The summed E-state index contributed by atoms with van der Waals surface area (Å²) in [6, 6.07) is 4.88. The molecule has 1 aromatic rings. The second-order valence-electron chi connectivity index (χ2n) is 3.44. The van der Waals surface area contributed by atoms with Crippen molar-refractivity contribution in [3.63, 3.8) is 0 Å². The zero-order valence-electron chi connectivity index (χ0n) is 9.77. The van der Waals surface area contributed by atoms with Crippen molar-refractivity contribution < 1.29 is 19.4 Å². The van der Waals surface area contributed by atoms with Gasteiger partial charge in [-0.3, -0.25) is 0 Å². The van der Waals surface area contributed by atoms with Crippen LogP contribution in [0.3, 0.4) is 0 Å².